The van der Waals surface area contributed by atoms with E-state index < -0.39 is 11.7 Å². The normalized spacial score (nSPS) is 13.2. The minimum atomic E-state index is -4.33. The van der Waals surface area contributed by atoms with Gasteiger partial charge >= 0.3 is 6.18 Å². The summed E-state index contributed by atoms with van der Waals surface area (Å²) in [6.07, 6.45) is 4.41. The molecule has 0 spiro atoms. The van der Waals surface area contributed by atoms with E-state index >= 15 is 0 Å². The van der Waals surface area contributed by atoms with Gasteiger partial charge in [-0.1, -0.05) is 19.1 Å². The Morgan fingerprint density at radius 3 is 2.56 bits per heavy atom. The van der Waals surface area contributed by atoms with Gasteiger partial charge in [-0.25, -0.2) is 0 Å². The van der Waals surface area contributed by atoms with E-state index in [9.17, 15) is 13.2 Å². The highest BCUT2D eigenvalue weighted by molar-refractivity contribution is 5.29. The van der Waals surface area contributed by atoms with Crippen LogP contribution in [0.1, 0.15) is 41.5 Å². The molecule has 3 rings (SSSR count). The molecule has 0 aliphatic heterocycles. The summed E-state index contributed by atoms with van der Waals surface area (Å²) in [6, 6.07) is 7.46. The van der Waals surface area contributed by atoms with Crippen molar-refractivity contribution in [3.05, 3.63) is 77.4 Å². The van der Waals surface area contributed by atoms with Crippen LogP contribution in [-0.2, 0) is 19.8 Å². The lowest BCUT2D eigenvalue weighted by Crippen LogP contribution is -2.07. The maximum absolute atomic E-state index is 12.8. The SMILES string of the molecule is CCC(c1ccn(C)c1)c1cnn(Cc2cccc(C(F)(F)F)c2)c1. The molecule has 0 saturated carbocycles. The zero-order chi connectivity index (χ0) is 18.0. The molecule has 0 radical (unpaired) electrons. The van der Waals surface area contributed by atoms with E-state index in [1.54, 1.807) is 16.9 Å². The molecule has 0 aliphatic rings. The number of hydrogen-bond donors (Lipinski definition) is 0. The van der Waals surface area contributed by atoms with E-state index in [1.165, 1.54) is 17.7 Å². The van der Waals surface area contributed by atoms with Crippen LogP contribution in [0.3, 0.4) is 0 Å². The molecule has 3 nitrogen and oxygen atoms in total. The van der Waals surface area contributed by atoms with Gasteiger partial charge < -0.3 is 4.57 Å². The molecule has 0 aliphatic carbocycles. The van der Waals surface area contributed by atoms with Crippen molar-refractivity contribution in [2.24, 2.45) is 7.05 Å². The van der Waals surface area contributed by atoms with Crippen LogP contribution in [0.25, 0.3) is 0 Å². The Labute approximate surface area is 144 Å². The molecular weight excluding hydrogens is 327 g/mol. The second kappa shape index (κ2) is 6.78. The highest BCUT2D eigenvalue weighted by atomic mass is 19.4. The molecule has 2 heterocycles. The third-order valence-electron chi connectivity index (χ3n) is 4.32. The van der Waals surface area contributed by atoms with Gasteiger partial charge in [0.2, 0.25) is 0 Å². The van der Waals surface area contributed by atoms with Crippen LogP contribution in [0.15, 0.2) is 55.1 Å². The molecule has 132 valence electrons. The first-order valence-corrected chi connectivity index (χ1v) is 8.17. The van der Waals surface area contributed by atoms with Gasteiger partial charge in [0.05, 0.1) is 18.3 Å². The van der Waals surface area contributed by atoms with Crippen molar-refractivity contribution in [1.29, 1.82) is 0 Å². The lowest BCUT2D eigenvalue weighted by molar-refractivity contribution is -0.137. The van der Waals surface area contributed by atoms with Gasteiger partial charge in [0.1, 0.15) is 0 Å². The average Bonchev–Trinajstić information content (AvgIpc) is 3.18. The van der Waals surface area contributed by atoms with Crippen LogP contribution < -0.4 is 0 Å². The predicted molar refractivity (Wildman–Crippen MR) is 90.3 cm³/mol. The van der Waals surface area contributed by atoms with E-state index in [4.69, 9.17) is 0 Å². The lowest BCUT2D eigenvalue weighted by atomic mass is 9.93. The maximum Gasteiger partial charge on any atom is 0.416 e. The van der Waals surface area contributed by atoms with Crippen LogP contribution in [0.2, 0.25) is 0 Å². The van der Waals surface area contributed by atoms with Gasteiger partial charge in [-0.05, 0) is 41.3 Å². The fraction of sp³-hybridized carbons (Fsp3) is 0.316. The number of rotatable bonds is 5. The Bertz CT molecular complexity index is 845. The third-order valence-corrected chi connectivity index (χ3v) is 4.32. The summed E-state index contributed by atoms with van der Waals surface area (Å²) in [5.41, 5.74) is 2.23. The van der Waals surface area contributed by atoms with Crippen LogP contribution in [-0.4, -0.2) is 14.3 Å². The summed E-state index contributed by atoms with van der Waals surface area (Å²) in [5.74, 6) is 0.233. The van der Waals surface area contributed by atoms with Gasteiger partial charge in [0.15, 0.2) is 0 Å². The zero-order valence-corrected chi connectivity index (χ0v) is 14.2. The number of nitrogens with zero attached hydrogens (tertiary/aromatic N) is 3. The zero-order valence-electron chi connectivity index (χ0n) is 14.2. The van der Waals surface area contributed by atoms with Crippen LogP contribution in [0.4, 0.5) is 13.2 Å². The Balaban J connectivity index is 1.80. The van der Waals surface area contributed by atoms with Crippen molar-refractivity contribution in [3.63, 3.8) is 0 Å². The molecule has 25 heavy (non-hydrogen) atoms. The van der Waals surface area contributed by atoms with E-state index in [1.807, 2.05) is 24.0 Å². The Morgan fingerprint density at radius 1 is 1.12 bits per heavy atom. The van der Waals surface area contributed by atoms with Gasteiger partial charge in [-0.2, -0.15) is 18.3 Å². The van der Waals surface area contributed by atoms with Gasteiger partial charge in [-0.15, -0.1) is 0 Å². The fourth-order valence-electron chi connectivity index (χ4n) is 3.07. The third kappa shape index (κ3) is 3.95. The van der Waals surface area contributed by atoms with Crippen molar-refractivity contribution in [2.45, 2.75) is 32.0 Å². The number of alkyl halides is 3. The molecule has 0 bridgehead atoms. The minimum absolute atomic E-state index is 0.233. The molecule has 1 aromatic carbocycles. The molecule has 0 saturated heterocycles. The molecular formula is C19H20F3N3. The highest BCUT2D eigenvalue weighted by Gasteiger charge is 2.30. The Morgan fingerprint density at radius 2 is 1.92 bits per heavy atom. The second-order valence-corrected chi connectivity index (χ2v) is 6.24. The lowest BCUT2D eigenvalue weighted by Gasteiger charge is -2.11. The maximum atomic E-state index is 12.8. The summed E-state index contributed by atoms with van der Waals surface area (Å²) >= 11 is 0. The van der Waals surface area contributed by atoms with Gasteiger partial charge in [0.25, 0.3) is 0 Å². The average molecular weight is 347 g/mol. The molecule has 0 amide bonds. The van der Waals surface area contributed by atoms with Crippen molar-refractivity contribution in [1.82, 2.24) is 14.3 Å². The van der Waals surface area contributed by atoms with Crippen molar-refractivity contribution in [3.8, 4) is 0 Å². The van der Waals surface area contributed by atoms with E-state index in [2.05, 4.69) is 24.3 Å². The van der Waals surface area contributed by atoms with Crippen molar-refractivity contribution >= 4 is 0 Å². The fourth-order valence-corrected chi connectivity index (χ4v) is 3.07. The van der Waals surface area contributed by atoms with E-state index in [0.717, 1.165) is 18.1 Å². The predicted octanol–water partition coefficient (Wildman–Crippen LogP) is 4.83. The summed E-state index contributed by atoms with van der Waals surface area (Å²) in [7, 11) is 1.98. The summed E-state index contributed by atoms with van der Waals surface area (Å²) in [5, 5.41) is 4.33. The first kappa shape index (κ1) is 17.3. The molecule has 0 N–H and O–H groups in total. The molecule has 6 heteroatoms. The van der Waals surface area contributed by atoms with Gasteiger partial charge in [-0.3, -0.25) is 4.68 Å². The van der Waals surface area contributed by atoms with Crippen LogP contribution in [0.5, 0.6) is 0 Å². The first-order chi connectivity index (χ1) is 11.9. The van der Waals surface area contributed by atoms with Crippen molar-refractivity contribution in [2.75, 3.05) is 0 Å². The molecule has 1 unspecified atom stereocenters. The number of benzene rings is 1. The highest BCUT2D eigenvalue weighted by Crippen LogP contribution is 2.30. The topological polar surface area (TPSA) is 22.8 Å². The second-order valence-electron chi connectivity index (χ2n) is 6.24. The van der Waals surface area contributed by atoms with E-state index in [0.29, 0.717) is 12.1 Å². The summed E-state index contributed by atoms with van der Waals surface area (Å²) < 4.78 is 42.2. The van der Waals surface area contributed by atoms with Gasteiger partial charge in [0, 0.05) is 31.6 Å². The smallest absolute Gasteiger partial charge is 0.357 e. The number of halogens is 3. The number of aryl methyl sites for hydroxylation is 1. The molecule has 3 aromatic rings. The summed E-state index contributed by atoms with van der Waals surface area (Å²) in [4.78, 5) is 0. The minimum Gasteiger partial charge on any atom is -0.357 e. The Hall–Kier alpha value is -2.50. The standard InChI is InChI=1S/C19H20F3N3/c1-3-18(15-7-8-24(2)12-15)16-10-23-25(13-16)11-14-5-4-6-17(9-14)19(20,21)22/h4-10,12-13,18H,3,11H2,1-2H3. The summed E-state index contributed by atoms with van der Waals surface area (Å²) in [6.45, 7) is 2.43. The largest absolute Gasteiger partial charge is 0.416 e. The molecule has 0 fully saturated rings. The quantitative estimate of drug-likeness (QED) is 0.648. The van der Waals surface area contributed by atoms with Crippen LogP contribution >= 0.6 is 0 Å². The molecule has 1 atom stereocenters. The number of aromatic nitrogens is 3. The monoisotopic (exact) mass is 347 g/mol. The Kier molecular flexibility index (Phi) is 4.70. The molecule has 2 aromatic heterocycles. The van der Waals surface area contributed by atoms with Crippen molar-refractivity contribution < 1.29 is 13.2 Å². The van der Waals surface area contributed by atoms with E-state index in [-0.39, 0.29) is 5.92 Å². The first-order valence-electron chi connectivity index (χ1n) is 8.17. The number of hydrogen-bond acceptors (Lipinski definition) is 1. The van der Waals surface area contributed by atoms with Crippen LogP contribution in [0, 0.1) is 0 Å².